The van der Waals surface area contributed by atoms with Crippen LogP contribution in [0.25, 0.3) is 0 Å². The van der Waals surface area contributed by atoms with Crippen molar-refractivity contribution in [2.45, 2.75) is 78.6 Å². The van der Waals surface area contributed by atoms with Crippen molar-refractivity contribution in [1.82, 2.24) is 0 Å². The summed E-state index contributed by atoms with van der Waals surface area (Å²) >= 11 is 0. The van der Waals surface area contributed by atoms with Crippen molar-refractivity contribution in [3.05, 3.63) is 0 Å². The Kier molecular flexibility index (Phi) is 3.12. The predicted molar refractivity (Wildman–Crippen MR) is 85.9 cm³/mol. The van der Waals surface area contributed by atoms with Gasteiger partial charge in [0.2, 0.25) is 0 Å². The average molecular weight is 288 g/mol. The van der Waals surface area contributed by atoms with Gasteiger partial charge in [0.25, 0.3) is 0 Å². The SMILES string of the molecule is CC1CCC(C(=O)C23CC4CC(CC(C)(C4)C2)C3)CC1C. The average Bonchev–Trinajstić information content (AvgIpc) is 2.38. The van der Waals surface area contributed by atoms with Crippen LogP contribution in [-0.4, -0.2) is 5.78 Å². The van der Waals surface area contributed by atoms with Crippen LogP contribution < -0.4 is 0 Å². The minimum absolute atomic E-state index is 0.115. The molecule has 118 valence electrons. The summed E-state index contributed by atoms with van der Waals surface area (Å²) < 4.78 is 0. The molecule has 0 aromatic carbocycles. The van der Waals surface area contributed by atoms with Crippen molar-refractivity contribution in [1.29, 1.82) is 0 Å². The van der Waals surface area contributed by atoms with Gasteiger partial charge in [0, 0.05) is 11.3 Å². The largest absolute Gasteiger partial charge is 0.299 e. The van der Waals surface area contributed by atoms with Crippen molar-refractivity contribution in [2.24, 2.45) is 40.4 Å². The third-order valence-electron chi connectivity index (χ3n) is 7.85. The molecule has 5 unspecified atom stereocenters. The Morgan fingerprint density at radius 2 is 1.57 bits per heavy atom. The van der Waals surface area contributed by atoms with Crippen LogP contribution in [0.5, 0.6) is 0 Å². The molecule has 0 aromatic heterocycles. The fourth-order valence-corrected chi connectivity index (χ4v) is 7.23. The van der Waals surface area contributed by atoms with E-state index in [0.29, 0.717) is 17.1 Å². The van der Waals surface area contributed by atoms with Crippen LogP contribution in [0, 0.1) is 40.4 Å². The summed E-state index contributed by atoms with van der Waals surface area (Å²) in [7, 11) is 0. The Morgan fingerprint density at radius 3 is 2.14 bits per heavy atom. The van der Waals surface area contributed by atoms with Gasteiger partial charge < -0.3 is 0 Å². The molecular formula is C20H32O. The zero-order chi connectivity index (χ0) is 14.8. The monoisotopic (exact) mass is 288 g/mol. The van der Waals surface area contributed by atoms with Gasteiger partial charge >= 0.3 is 0 Å². The molecule has 0 aromatic rings. The molecule has 1 nitrogen and oxygen atoms in total. The highest BCUT2D eigenvalue weighted by Gasteiger charge is 2.59. The maximum absolute atomic E-state index is 13.4. The van der Waals surface area contributed by atoms with Gasteiger partial charge in [0.15, 0.2) is 0 Å². The van der Waals surface area contributed by atoms with Crippen LogP contribution in [-0.2, 0) is 4.79 Å². The van der Waals surface area contributed by atoms with Crippen LogP contribution >= 0.6 is 0 Å². The van der Waals surface area contributed by atoms with E-state index in [1.54, 1.807) is 0 Å². The van der Waals surface area contributed by atoms with Gasteiger partial charge in [-0.1, -0.05) is 20.8 Å². The zero-order valence-electron chi connectivity index (χ0n) is 14.2. The Balaban J connectivity index is 1.57. The molecule has 5 atom stereocenters. The van der Waals surface area contributed by atoms with E-state index in [1.165, 1.54) is 57.8 Å². The van der Waals surface area contributed by atoms with Crippen LogP contribution in [0.1, 0.15) is 78.6 Å². The zero-order valence-corrected chi connectivity index (χ0v) is 14.2. The first kappa shape index (κ1) is 14.3. The molecule has 5 fully saturated rings. The molecule has 5 saturated carbocycles. The van der Waals surface area contributed by atoms with Crippen molar-refractivity contribution >= 4 is 5.78 Å². The lowest BCUT2D eigenvalue weighted by atomic mass is 9.43. The molecule has 0 heterocycles. The van der Waals surface area contributed by atoms with E-state index < -0.39 is 0 Å². The molecule has 0 radical (unpaired) electrons. The van der Waals surface area contributed by atoms with Gasteiger partial charge in [0.1, 0.15) is 5.78 Å². The molecular weight excluding hydrogens is 256 g/mol. The molecule has 21 heavy (non-hydrogen) atoms. The summed E-state index contributed by atoms with van der Waals surface area (Å²) in [5.74, 6) is 4.43. The second-order valence-electron chi connectivity index (χ2n) is 9.88. The summed E-state index contributed by atoms with van der Waals surface area (Å²) in [5, 5.41) is 0. The highest BCUT2D eigenvalue weighted by molar-refractivity contribution is 5.87. The quantitative estimate of drug-likeness (QED) is 0.679. The van der Waals surface area contributed by atoms with Crippen LogP contribution in [0.3, 0.4) is 0 Å². The molecule has 0 amide bonds. The second kappa shape index (κ2) is 4.59. The van der Waals surface area contributed by atoms with Gasteiger partial charge in [-0.05, 0) is 86.9 Å². The van der Waals surface area contributed by atoms with E-state index in [9.17, 15) is 4.79 Å². The van der Waals surface area contributed by atoms with Crippen molar-refractivity contribution < 1.29 is 4.79 Å². The third-order valence-corrected chi connectivity index (χ3v) is 7.85. The number of ketones is 1. The Bertz CT molecular complexity index is 437. The minimum Gasteiger partial charge on any atom is -0.299 e. The third kappa shape index (κ3) is 2.21. The standard InChI is InChI=1S/C20H32O/c1-13-4-5-17(6-14(13)2)18(21)20-10-15-7-16(11-20)9-19(3,8-15)12-20/h13-17H,4-12H2,1-3H3. The Morgan fingerprint density at radius 1 is 0.905 bits per heavy atom. The number of Topliss-reactive ketones (excluding diaryl/α,β-unsaturated/α-hetero) is 1. The first-order chi connectivity index (χ1) is 9.89. The van der Waals surface area contributed by atoms with Gasteiger partial charge in [0.05, 0.1) is 0 Å². The molecule has 5 aliphatic carbocycles. The van der Waals surface area contributed by atoms with Crippen LogP contribution in [0.4, 0.5) is 0 Å². The summed E-state index contributed by atoms with van der Waals surface area (Å²) in [6, 6.07) is 0. The first-order valence-corrected chi connectivity index (χ1v) is 9.43. The van der Waals surface area contributed by atoms with Crippen molar-refractivity contribution in [3.63, 3.8) is 0 Å². The lowest BCUT2D eigenvalue weighted by Crippen LogP contribution is -2.55. The normalized spacial score (nSPS) is 55.7. The maximum Gasteiger partial charge on any atom is 0.142 e. The van der Waals surface area contributed by atoms with E-state index in [4.69, 9.17) is 0 Å². The number of rotatable bonds is 2. The van der Waals surface area contributed by atoms with E-state index in [-0.39, 0.29) is 5.41 Å². The summed E-state index contributed by atoms with van der Waals surface area (Å²) in [5.41, 5.74) is 0.622. The van der Waals surface area contributed by atoms with E-state index in [0.717, 1.165) is 23.7 Å². The van der Waals surface area contributed by atoms with E-state index in [2.05, 4.69) is 20.8 Å². The number of carbonyl (C=O) groups excluding carboxylic acids is 1. The van der Waals surface area contributed by atoms with Crippen molar-refractivity contribution in [2.75, 3.05) is 0 Å². The molecule has 0 spiro atoms. The highest BCUT2D eigenvalue weighted by atomic mass is 16.1. The second-order valence-corrected chi connectivity index (χ2v) is 9.88. The topological polar surface area (TPSA) is 17.1 Å². The molecule has 0 aliphatic heterocycles. The van der Waals surface area contributed by atoms with Gasteiger partial charge in [-0.3, -0.25) is 4.79 Å². The Hall–Kier alpha value is -0.330. The number of hydrogen-bond acceptors (Lipinski definition) is 1. The lowest BCUT2D eigenvalue weighted by Gasteiger charge is -2.61. The summed E-state index contributed by atoms with van der Waals surface area (Å²) in [4.78, 5) is 13.4. The maximum atomic E-state index is 13.4. The van der Waals surface area contributed by atoms with E-state index in [1.807, 2.05) is 0 Å². The number of carbonyl (C=O) groups is 1. The van der Waals surface area contributed by atoms with Crippen LogP contribution in [0.2, 0.25) is 0 Å². The first-order valence-electron chi connectivity index (χ1n) is 9.43. The van der Waals surface area contributed by atoms with Crippen molar-refractivity contribution in [3.8, 4) is 0 Å². The van der Waals surface area contributed by atoms with E-state index >= 15 is 0 Å². The predicted octanol–water partition coefficient (Wildman–Crippen LogP) is 5.23. The fourth-order valence-electron chi connectivity index (χ4n) is 7.23. The number of hydrogen-bond donors (Lipinski definition) is 0. The lowest BCUT2D eigenvalue weighted by molar-refractivity contribution is -0.158. The Labute approximate surface area is 130 Å². The van der Waals surface area contributed by atoms with Gasteiger partial charge in [-0.15, -0.1) is 0 Å². The smallest absolute Gasteiger partial charge is 0.142 e. The molecule has 4 bridgehead atoms. The van der Waals surface area contributed by atoms with Gasteiger partial charge in [-0.25, -0.2) is 0 Å². The molecule has 0 N–H and O–H groups in total. The molecule has 1 heteroatoms. The fraction of sp³-hybridized carbons (Fsp3) is 0.950. The highest BCUT2D eigenvalue weighted by Crippen LogP contribution is 2.66. The minimum atomic E-state index is 0.115. The van der Waals surface area contributed by atoms with Crippen LogP contribution in [0.15, 0.2) is 0 Å². The molecule has 0 saturated heterocycles. The summed E-state index contributed by atoms with van der Waals surface area (Å²) in [6.45, 7) is 7.22. The van der Waals surface area contributed by atoms with Gasteiger partial charge in [-0.2, -0.15) is 0 Å². The molecule has 5 rings (SSSR count). The molecule has 5 aliphatic rings. The summed E-state index contributed by atoms with van der Waals surface area (Å²) in [6.07, 6.45) is 11.6.